The predicted octanol–water partition coefficient (Wildman–Crippen LogP) is 2.16. The van der Waals surface area contributed by atoms with Crippen molar-refractivity contribution in [1.82, 2.24) is 5.32 Å². The predicted molar refractivity (Wildman–Crippen MR) is 71.3 cm³/mol. The third-order valence-corrected chi connectivity index (χ3v) is 3.47. The lowest BCUT2D eigenvalue weighted by Gasteiger charge is -2.10. The summed E-state index contributed by atoms with van der Waals surface area (Å²) in [6.45, 7) is 3.09. The van der Waals surface area contributed by atoms with Gasteiger partial charge in [0.05, 0.1) is 12.5 Å². The van der Waals surface area contributed by atoms with E-state index in [0.29, 0.717) is 12.6 Å². The summed E-state index contributed by atoms with van der Waals surface area (Å²) in [7, 11) is 0. The molecule has 98 valence electrons. The van der Waals surface area contributed by atoms with Crippen LogP contribution in [0.4, 0.5) is 0 Å². The Hall–Kier alpha value is -1.35. The molecule has 3 heteroatoms. The average molecular weight is 247 g/mol. The maximum absolute atomic E-state index is 11.6. The smallest absolute Gasteiger partial charge is 0.310 e. The van der Waals surface area contributed by atoms with Gasteiger partial charge in [0, 0.05) is 12.6 Å². The average Bonchev–Trinajstić information content (AvgIpc) is 2.87. The molecule has 1 aliphatic rings. The van der Waals surface area contributed by atoms with Gasteiger partial charge < -0.3 is 10.1 Å². The standard InChI is InChI=1S/C15H21NO2/c1-2-18-15(17)13-10-14(16-11-13)9-8-12-6-4-3-5-7-12/h3-7,13-14,16H,2,8-11H2,1H3/t13-,14+/m0/s1. The largest absolute Gasteiger partial charge is 0.466 e. The van der Waals surface area contributed by atoms with Crippen LogP contribution < -0.4 is 5.32 Å². The summed E-state index contributed by atoms with van der Waals surface area (Å²) < 4.78 is 5.06. The van der Waals surface area contributed by atoms with Crippen molar-refractivity contribution in [2.24, 2.45) is 5.92 Å². The van der Waals surface area contributed by atoms with Crippen LogP contribution in [0.15, 0.2) is 30.3 Å². The number of nitrogens with one attached hydrogen (secondary N) is 1. The van der Waals surface area contributed by atoms with Crippen LogP contribution in [-0.2, 0) is 16.0 Å². The molecule has 1 N–H and O–H groups in total. The van der Waals surface area contributed by atoms with E-state index in [1.54, 1.807) is 0 Å². The lowest BCUT2D eigenvalue weighted by Crippen LogP contribution is -2.22. The lowest BCUT2D eigenvalue weighted by atomic mass is 10.0. The third kappa shape index (κ3) is 3.57. The minimum atomic E-state index is -0.0489. The van der Waals surface area contributed by atoms with Crippen LogP contribution in [0.3, 0.4) is 0 Å². The second-order valence-corrected chi connectivity index (χ2v) is 4.81. The highest BCUT2D eigenvalue weighted by atomic mass is 16.5. The molecule has 0 bridgehead atoms. The van der Waals surface area contributed by atoms with Gasteiger partial charge in [-0.25, -0.2) is 0 Å². The molecule has 0 spiro atoms. The minimum Gasteiger partial charge on any atom is -0.466 e. The Kier molecular flexibility index (Phi) is 4.76. The monoisotopic (exact) mass is 247 g/mol. The van der Waals surface area contributed by atoms with E-state index in [-0.39, 0.29) is 11.9 Å². The van der Waals surface area contributed by atoms with E-state index in [2.05, 4.69) is 29.6 Å². The summed E-state index contributed by atoms with van der Waals surface area (Å²) in [5.74, 6) is -0.00191. The molecule has 0 radical (unpaired) electrons. The van der Waals surface area contributed by atoms with Gasteiger partial charge in [0.2, 0.25) is 0 Å². The fraction of sp³-hybridized carbons (Fsp3) is 0.533. The molecular formula is C15H21NO2. The molecule has 1 aliphatic heterocycles. The lowest BCUT2D eigenvalue weighted by molar-refractivity contribution is -0.147. The number of hydrogen-bond donors (Lipinski definition) is 1. The first-order valence-electron chi connectivity index (χ1n) is 6.73. The molecule has 1 aromatic rings. The number of aryl methyl sites for hydroxylation is 1. The number of carbonyl (C=O) groups excluding carboxylic acids is 1. The van der Waals surface area contributed by atoms with Crippen molar-refractivity contribution in [3.05, 3.63) is 35.9 Å². The van der Waals surface area contributed by atoms with Gasteiger partial charge in [-0.05, 0) is 31.7 Å². The van der Waals surface area contributed by atoms with Gasteiger partial charge >= 0.3 is 5.97 Å². The van der Waals surface area contributed by atoms with Crippen LogP contribution in [0.25, 0.3) is 0 Å². The molecule has 1 aromatic carbocycles. The van der Waals surface area contributed by atoms with Gasteiger partial charge in [-0.2, -0.15) is 0 Å². The molecule has 1 fully saturated rings. The first-order chi connectivity index (χ1) is 8.79. The molecule has 18 heavy (non-hydrogen) atoms. The molecule has 0 unspecified atom stereocenters. The minimum absolute atomic E-state index is 0.0470. The Morgan fingerprint density at radius 1 is 1.39 bits per heavy atom. The van der Waals surface area contributed by atoms with Gasteiger partial charge in [0.15, 0.2) is 0 Å². The maximum Gasteiger partial charge on any atom is 0.310 e. The Labute approximate surface area is 109 Å². The van der Waals surface area contributed by atoms with Crippen molar-refractivity contribution in [3.63, 3.8) is 0 Å². The van der Waals surface area contributed by atoms with E-state index in [9.17, 15) is 4.79 Å². The normalized spacial score (nSPS) is 22.9. The van der Waals surface area contributed by atoms with Crippen molar-refractivity contribution in [2.75, 3.05) is 13.2 Å². The first kappa shape index (κ1) is 13.1. The number of esters is 1. The molecular weight excluding hydrogens is 226 g/mol. The van der Waals surface area contributed by atoms with Crippen molar-refractivity contribution in [1.29, 1.82) is 0 Å². The van der Waals surface area contributed by atoms with Crippen LogP contribution in [0, 0.1) is 5.92 Å². The Morgan fingerprint density at radius 2 is 2.17 bits per heavy atom. The van der Waals surface area contributed by atoms with Crippen LogP contribution in [0.2, 0.25) is 0 Å². The SMILES string of the molecule is CCOC(=O)[C@@H]1CN[C@H](CCc2ccccc2)C1. The molecule has 3 nitrogen and oxygen atoms in total. The fourth-order valence-electron chi connectivity index (χ4n) is 2.46. The summed E-state index contributed by atoms with van der Waals surface area (Å²) >= 11 is 0. The summed E-state index contributed by atoms with van der Waals surface area (Å²) in [5, 5.41) is 3.42. The summed E-state index contributed by atoms with van der Waals surface area (Å²) in [4.78, 5) is 11.6. The zero-order valence-electron chi connectivity index (χ0n) is 10.9. The van der Waals surface area contributed by atoms with Crippen molar-refractivity contribution in [3.8, 4) is 0 Å². The highest BCUT2D eigenvalue weighted by Crippen LogP contribution is 2.19. The van der Waals surface area contributed by atoms with E-state index >= 15 is 0 Å². The second kappa shape index (κ2) is 6.55. The Balaban J connectivity index is 1.74. The number of carbonyl (C=O) groups is 1. The van der Waals surface area contributed by atoms with Gasteiger partial charge in [-0.15, -0.1) is 0 Å². The van der Waals surface area contributed by atoms with E-state index in [0.717, 1.165) is 25.8 Å². The highest BCUT2D eigenvalue weighted by Gasteiger charge is 2.29. The van der Waals surface area contributed by atoms with E-state index in [1.165, 1.54) is 5.56 Å². The zero-order chi connectivity index (χ0) is 12.8. The number of hydrogen-bond acceptors (Lipinski definition) is 3. The molecule has 2 atom stereocenters. The van der Waals surface area contributed by atoms with Crippen LogP contribution in [0.5, 0.6) is 0 Å². The number of rotatable bonds is 5. The first-order valence-corrected chi connectivity index (χ1v) is 6.73. The Morgan fingerprint density at radius 3 is 2.89 bits per heavy atom. The number of ether oxygens (including phenoxy) is 1. The topological polar surface area (TPSA) is 38.3 Å². The molecule has 1 heterocycles. The van der Waals surface area contributed by atoms with E-state index in [4.69, 9.17) is 4.74 Å². The van der Waals surface area contributed by atoms with Gasteiger partial charge in [0.25, 0.3) is 0 Å². The molecule has 0 saturated carbocycles. The van der Waals surface area contributed by atoms with Crippen LogP contribution in [-0.4, -0.2) is 25.2 Å². The van der Waals surface area contributed by atoms with Crippen molar-refractivity contribution >= 4 is 5.97 Å². The maximum atomic E-state index is 11.6. The summed E-state index contributed by atoms with van der Waals surface area (Å²) in [5.41, 5.74) is 1.36. The molecule has 0 aromatic heterocycles. The quantitative estimate of drug-likeness (QED) is 0.810. The fourth-order valence-corrected chi connectivity index (χ4v) is 2.46. The zero-order valence-corrected chi connectivity index (χ0v) is 10.9. The van der Waals surface area contributed by atoms with Gasteiger partial charge in [-0.3, -0.25) is 4.79 Å². The molecule has 0 amide bonds. The molecule has 1 saturated heterocycles. The van der Waals surface area contributed by atoms with Gasteiger partial charge in [0.1, 0.15) is 0 Å². The molecule has 0 aliphatic carbocycles. The Bertz CT molecular complexity index is 377. The van der Waals surface area contributed by atoms with E-state index in [1.807, 2.05) is 13.0 Å². The van der Waals surface area contributed by atoms with Crippen molar-refractivity contribution in [2.45, 2.75) is 32.2 Å². The second-order valence-electron chi connectivity index (χ2n) is 4.81. The summed E-state index contributed by atoms with van der Waals surface area (Å²) in [6.07, 6.45) is 3.06. The van der Waals surface area contributed by atoms with Gasteiger partial charge in [-0.1, -0.05) is 30.3 Å². The van der Waals surface area contributed by atoms with E-state index < -0.39 is 0 Å². The highest BCUT2D eigenvalue weighted by molar-refractivity contribution is 5.73. The van der Waals surface area contributed by atoms with Crippen LogP contribution >= 0.6 is 0 Å². The van der Waals surface area contributed by atoms with Crippen molar-refractivity contribution < 1.29 is 9.53 Å². The number of benzene rings is 1. The third-order valence-electron chi connectivity index (χ3n) is 3.47. The molecule has 2 rings (SSSR count). The summed E-state index contributed by atoms with van der Waals surface area (Å²) in [6, 6.07) is 10.9. The van der Waals surface area contributed by atoms with Crippen LogP contribution in [0.1, 0.15) is 25.3 Å².